The van der Waals surface area contributed by atoms with Gasteiger partial charge in [0, 0.05) is 5.56 Å². The molecule has 1 rings (SSSR count). The van der Waals surface area contributed by atoms with Crippen molar-refractivity contribution in [2.45, 2.75) is 32.7 Å². The summed E-state index contributed by atoms with van der Waals surface area (Å²) in [6.07, 6.45) is -0.283. The van der Waals surface area contributed by atoms with Crippen LogP contribution in [0.2, 0.25) is 0 Å². The van der Waals surface area contributed by atoms with E-state index in [1.54, 1.807) is 6.92 Å². The van der Waals surface area contributed by atoms with Gasteiger partial charge >= 0.3 is 5.97 Å². The number of hydrogen-bond donors (Lipinski definition) is 1. The summed E-state index contributed by atoms with van der Waals surface area (Å²) in [5.74, 6) is -2.20. The van der Waals surface area contributed by atoms with Crippen LogP contribution in [0.4, 0.5) is 8.78 Å². The maximum atomic E-state index is 14.0. The van der Waals surface area contributed by atoms with Crippen LogP contribution in [0.25, 0.3) is 0 Å². The number of nitrogens with zero attached hydrogens (tertiary/aromatic N) is 1. The highest BCUT2D eigenvalue weighted by molar-refractivity contribution is 5.69. The van der Waals surface area contributed by atoms with Gasteiger partial charge in [-0.2, -0.15) is 0 Å². The van der Waals surface area contributed by atoms with Crippen LogP contribution < -0.4 is 0 Å². The van der Waals surface area contributed by atoms with Crippen LogP contribution in [-0.2, 0) is 10.3 Å². The Bertz CT molecular complexity index is 461. The summed E-state index contributed by atoms with van der Waals surface area (Å²) in [5.41, 5.74) is -0.986. The second-order valence-electron chi connectivity index (χ2n) is 4.64. The lowest BCUT2D eigenvalue weighted by Crippen LogP contribution is -2.46. The molecule has 0 aliphatic rings. The molecule has 0 bridgehead atoms. The first-order valence-electron chi connectivity index (χ1n) is 6.27. The molecule has 0 saturated heterocycles. The number of hydrogen-bond acceptors (Lipinski definition) is 2. The monoisotopic (exact) mass is 271 g/mol. The SMILES string of the molecule is CCN(CC)C(C)(CC(=O)O)c1cc(F)ccc1F. The van der Waals surface area contributed by atoms with Gasteiger partial charge in [-0.05, 0) is 38.2 Å². The first-order chi connectivity index (χ1) is 8.85. The van der Waals surface area contributed by atoms with Crippen molar-refractivity contribution in [3.8, 4) is 0 Å². The Balaban J connectivity index is 3.37. The van der Waals surface area contributed by atoms with Gasteiger partial charge in [0.25, 0.3) is 0 Å². The molecule has 106 valence electrons. The fraction of sp³-hybridized carbons (Fsp3) is 0.500. The normalized spacial score (nSPS) is 14.4. The van der Waals surface area contributed by atoms with E-state index in [0.29, 0.717) is 13.1 Å². The lowest BCUT2D eigenvalue weighted by molar-refractivity contribution is -0.140. The topological polar surface area (TPSA) is 40.5 Å². The van der Waals surface area contributed by atoms with Crippen LogP contribution in [0.3, 0.4) is 0 Å². The molecule has 0 saturated carbocycles. The van der Waals surface area contributed by atoms with Crippen LogP contribution in [0.5, 0.6) is 0 Å². The number of carboxylic acid groups (broad SMARTS) is 1. The average molecular weight is 271 g/mol. The number of rotatable bonds is 6. The van der Waals surface area contributed by atoms with Crippen LogP contribution in [0.1, 0.15) is 32.8 Å². The van der Waals surface area contributed by atoms with Crippen LogP contribution in [0.15, 0.2) is 18.2 Å². The predicted octanol–water partition coefficient (Wildman–Crippen LogP) is 3.00. The fourth-order valence-corrected chi connectivity index (χ4v) is 2.50. The largest absolute Gasteiger partial charge is 0.481 e. The highest BCUT2D eigenvalue weighted by Gasteiger charge is 2.37. The van der Waals surface area contributed by atoms with E-state index in [-0.39, 0.29) is 12.0 Å². The molecule has 0 fully saturated rings. The zero-order chi connectivity index (χ0) is 14.6. The minimum absolute atomic E-state index is 0.0820. The molecule has 1 aromatic carbocycles. The zero-order valence-corrected chi connectivity index (χ0v) is 11.4. The van der Waals surface area contributed by atoms with Crippen molar-refractivity contribution in [1.82, 2.24) is 4.90 Å². The van der Waals surface area contributed by atoms with Gasteiger partial charge in [0.1, 0.15) is 11.6 Å². The summed E-state index contributed by atoms with van der Waals surface area (Å²) in [4.78, 5) is 12.9. The molecule has 1 atom stereocenters. The van der Waals surface area contributed by atoms with Gasteiger partial charge in [0.15, 0.2) is 0 Å². The second-order valence-corrected chi connectivity index (χ2v) is 4.64. The molecule has 19 heavy (non-hydrogen) atoms. The molecule has 0 radical (unpaired) electrons. The molecule has 0 aliphatic heterocycles. The Morgan fingerprint density at radius 1 is 1.32 bits per heavy atom. The van der Waals surface area contributed by atoms with Crippen molar-refractivity contribution in [1.29, 1.82) is 0 Å². The highest BCUT2D eigenvalue weighted by atomic mass is 19.1. The molecule has 1 N–H and O–H groups in total. The van der Waals surface area contributed by atoms with Crippen LogP contribution in [0, 0.1) is 11.6 Å². The quantitative estimate of drug-likeness (QED) is 0.864. The summed E-state index contributed by atoms with van der Waals surface area (Å²) in [6, 6.07) is 3.15. The third kappa shape index (κ3) is 3.29. The number of carbonyl (C=O) groups is 1. The Morgan fingerprint density at radius 3 is 2.37 bits per heavy atom. The molecule has 0 spiro atoms. The molecule has 0 amide bonds. The van der Waals surface area contributed by atoms with E-state index in [4.69, 9.17) is 5.11 Å². The van der Waals surface area contributed by atoms with E-state index in [0.717, 1.165) is 18.2 Å². The van der Waals surface area contributed by atoms with Crippen molar-refractivity contribution in [2.75, 3.05) is 13.1 Å². The van der Waals surface area contributed by atoms with E-state index in [9.17, 15) is 13.6 Å². The number of carboxylic acids is 1. The summed E-state index contributed by atoms with van der Waals surface area (Å²) >= 11 is 0. The lowest BCUT2D eigenvalue weighted by atomic mass is 9.86. The fourth-order valence-electron chi connectivity index (χ4n) is 2.50. The Kier molecular flexibility index (Phi) is 5.00. The maximum Gasteiger partial charge on any atom is 0.305 e. The van der Waals surface area contributed by atoms with Crippen LogP contribution in [-0.4, -0.2) is 29.1 Å². The third-order valence-electron chi connectivity index (χ3n) is 3.47. The minimum atomic E-state index is -1.07. The van der Waals surface area contributed by atoms with E-state index in [1.807, 2.05) is 18.7 Å². The molecule has 1 unspecified atom stereocenters. The Labute approximate surface area is 111 Å². The minimum Gasteiger partial charge on any atom is -0.481 e. The number of benzene rings is 1. The standard InChI is InChI=1S/C14H19F2NO2/c1-4-17(5-2)14(3,9-13(18)19)11-8-10(15)6-7-12(11)16/h6-8H,4-5,9H2,1-3H3,(H,18,19). The van der Waals surface area contributed by atoms with Crippen LogP contribution >= 0.6 is 0 Å². The van der Waals surface area contributed by atoms with Crippen molar-refractivity contribution < 1.29 is 18.7 Å². The molecule has 0 heterocycles. The molecule has 3 nitrogen and oxygen atoms in total. The lowest BCUT2D eigenvalue weighted by Gasteiger charge is -2.40. The average Bonchev–Trinajstić information content (AvgIpc) is 2.32. The number of aliphatic carboxylic acids is 1. The summed E-state index contributed by atoms with van der Waals surface area (Å²) in [6.45, 7) is 6.46. The van der Waals surface area contributed by atoms with Crippen molar-refractivity contribution >= 4 is 5.97 Å². The summed E-state index contributed by atoms with van der Waals surface area (Å²) in [5, 5.41) is 9.07. The van der Waals surface area contributed by atoms with Gasteiger partial charge in [-0.3, -0.25) is 9.69 Å². The van der Waals surface area contributed by atoms with Gasteiger partial charge in [0.05, 0.1) is 12.0 Å². The summed E-state index contributed by atoms with van der Waals surface area (Å²) in [7, 11) is 0. The van der Waals surface area contributed by atoms with Crippen molar-refractivity contribution in [3.63, 3.8) is 0 Å². The highest BCUT2D eigenvalue weighted by Crippen LogP contribution is 2.34. The Hall–Kier alpha value is -1.49. The Morgan fingerprint density at radius 2 is 1.89 bits per heavy atom. The molecule has 0 aromatic heterocycles. The van der Waals surface area contributed by atoms with E-state index < -0.39 is 23.1 Å². The van der Waals surface area contributed by atoms with Crippen molar-refractivity contribution in [2.24, 2.45) is 0 Å². The smallest absolute Gasteiger partial charge is 0.305 e. The molecular weight excluding hydrogens is 252 g/mol. The molecular formula is C14H19F2NO2. The van der Waals surface area contributed by atoms with Crippen molar-refractivity contribution in [3.05, 3.63) is 35.4 Å². The number of halogens is 2. The van der Waals surface area contributed by atoms with Gasteiger partial charge in [-0.15, -0.1) is 0 Å². The first kappa shape index (κ1) is 15.6. The van der Waals surface area contributed by atoms with E-state index >= 15 is 0 Å². The summed E-state index contributed by atoms with van der Waals surface area (Å²) < 4.78 is 27.3. The molecule has 5 heteroatoms. The predicted molar refractivity (Wildman–Crippen MR) is 68.9 cm³/mol. The maximum absolute atomic E-state index is 14.0. The second kappa shape index (κ2) is 6.10. The van der Waals surface area contributed by atoms with Gasteiger partial charge < -0.3 is 5.11 Å². The third-order valence-corrected chi connectivity index (χ3v) is 3.47. The van der Waals surface area contributed by atoms with E-state index in [2.05, 4.69) is 0 Å². The van der Waals surface area contributed by atoms with Gasteiger partial charge in [-0.1, -0.05) is 13.8 Å². The molecule has 1 aromatic rings. The van der Waals surface area contributed by atoms with Gasteiger partial charge in [0.2, 0.25) is 0 Å². The zero-order valence-electron chi connectivity index (χ0n) is 11.4. The first-order valence-corrected chi connectivity index (χ1v) is 6.27. The van der Waals surface area contributed by atoms with Gasteiger partial charge in [-0.25, -0.2) is 8.78 Å². The molecule has 0 aliphatic carbocycles. The van der Waals surface area contributed by atoms with E-state index in [1.165, 1.54) is 0 Å².